The van der Waals surface area contributed by atoms with Gasteiger partial charge >= 0.3 is 0 Å². The lowest BCUT2D eigenvalue weighted by Crippen LogP contribution is -2.26. The molecule has 1 amide bonds. The third-order valence-electron chi connectivity index (χ3n) is 3.38. The van der Waals surface area contributed by atoms with Gasteiger partial charge in [0.1, 0.15) is 5.82 Å². The molecule has 7 heteroatoms. The van der Waals surface area contributed by atoms with E-state index in [1.165, 1.54) is 6.07 Å². The number of nitrogens with zero attached hydrogens (tertiary/aromatic N) is 2. The molecule has 1 heterocycles. The Labute approximate surface area is 134 Å². The van der Waals surface area contributed by atoms with Gasteiger partial charge in [-0.25, -0.2) is 4.39 Å². The number of hydrogen-bond acceptors (Lipinski definition) is 5. The topological polar surface area (TPSA) is 80.0 Å². The zero-order valence-corrected chi connectivity index (χ0v) is 13.4. The van der Waals surface area contributed by atoms with Gasteiger partial charge in [-0.05, 0) is 50.7 Å². The molecule has 0 unspecified atom stereocenters. The summed E-state index contributed by atoms with van der Waals surface area (Å²) >= 11 is 0. The maximum Gasteiger partial charge on any atom is 0.227 e. The number of hydrogen-bond donors (Lipinski definition) is 2. The van der Waals surface area contributed by atoms with Crippen LogP contribution in [0.15, 0.2) is 22.7 Å². The quantitative estimate of drug-likeness (QED) is 0.726. The monoisotopic (exact) mass is 320 g/mol. The molecule has 1 aromatic heterocycles. The minimum atomic E-state index is -0.271. The number of amides is 1. The lowest BCUT2D eigenvalue weighted by atomic mass is 10.1. The van der Waals surface area contributed by atoms with E-state index in [1.54, 1.807) is 19.1 Å². The summed E-state index contributed by atoms with van der Waals surface area (Å²) in [6.07, 6.45) is 1.56. The molecule has 124 valence electrons. The number of carbonyl (C=O) groups excluding carboxylic acids is 1. The number of aryl methyl sites for hydroxylation is 2. The van der Waals surface area contributed by atoms with E-state index in [1.807, 2.05) is 7.05 Å². The first-order valence-electron chi connectivity index (χ1n) is 7.60. The van der Waals surface area contributed by atoms with Crippen molar-refractivity contribution < 1.29 is 13.7 Å². The number of aromatic nitrogens is 2. The van der Waals surface area contributed by atoms with E-state index < -0.39 is 0 Å². The summed E-state index contributed by atoms with van der Waals surface area (Å²) in [5.74, 6) is 0.482. The van der Waals surface area contributed by atoms with Crippen LogP contribution in [0.5, 0.6) is 0 Å². The minimum Gasteiger partial charge on any atom is -0.356 e. The summed E-state index contributed by atoms with van der Waals surface area (Å²) in [6, 6.07) is 4.64. The minimum absolute atomic E-state index is 0.0431. The fourth-order valence-corrected chi connectivity index (χ4v) is 2.06. The largest absolute Gasteiger partial charge is 0.356 e. The molecular weight excluding hydrogens is 299 g/mol. The molecule has 0 saturated heterocycles. The second-order valence-electron chi connectivity index (χ2n) is 5.28. The van der Waals surface area contributed by atoms with Gasteiger partial charge in [0.15, 0.2) is 0 Å². The molecule has 0 aliphatic rings. The van der Waals surface area contributed by atoms with Crippen LogP contribution in [0.1, 0.15) is 24.3 Å². The van der Waals surface area contributed by atoms with Crippen LogP contribution in [-0.2, 0) is 11.2 Å². The molecule has 2 rings (SSSR count). The van der Waals surface area contributed by atoms with Gasteiger partial charge in [0, 0.05) is 24.9 Å². The van der Waals surface area contributed by atoms with Crippen LogP contribution in [0.2, 0.25) is 0 Å². The van der Waals surface area contributed by atoms with Gasteiger partial charge in [0.2, 0.25) is 17.6 Å². The molecule has 2 N–H and O–H groups in total. The first kappa shape index (κ1) is 17.1. The molecule has 0 spiro atoms. The molecule has 0 fully saturated rings. The van der Waals surface area contributed by atoms with Crippen molar-refractivity contribution in [2.75, 3.05) is 20.1 Å². The van der Waals surface area contributed by atoms with E-state index in [2.05, 4.69) is 20.8 Å². The predicted molar refractivity (Wildman–Crippen MR) is 84.3 cm³/mol. The van der Waals surface area contributed by atoms with Gasteiger partial charge in [-0.2, -0.15) is 4.98 Å². The molecule has 0 bridgehead atoms. The smallest absolute Gasteiger partial charge is 0.227 e. The van der Waals surface area contributed by atoms with Gasteiger partial charge in [-0.15, -0.1) is 0 Å². The Hall–Kier alpha value is -2.28. The lowest BCUT2D eigenvalue weighted by Gasteiger charge is -2.03. The van der Waals surface area contributed by atoms with Gasteiger partial charge in [0.25, 0.3) is 0 Å². The van der Waals surface area contributed by atoms with Crippen molar-refractivity contribution in [3.63, 3.8) is 0 Å². The summed E-state index contributed by atoms with van der Waals surface area (Å²) in [6.45, 7) is 3.19. The highest BCUT2D eigenvalue weighted by atomic mass is 19.1. The van der Waals surface area contributed by atoms with E-state index in [0.717, 1.165) is 13.0 Å². The number of rotatable bonds is 8. The second-order valence-corrected chi connectivity index (χ2v) is 5.28. The highest BCUT2D eigenvalue weighted by molar-refractivity contribution is 5.75. The predicted octanol–water partition coefficient (Wildman–Crippen LogP) is 1.84. The van der Waals surface area contributed by atoms with Crippen molar-refractivity contribution >= 4 is 5.91 Å². The van der Waals surface area contributed by atoms with Crippen molar-refractivity contribution in [3.05, 3.63) is 35.5 Å². The summed E-state index contributed by atoms with van der Waals surface area (Å²) < 4.78 is 18.4. The Morgan fingerprint density at radius 1 is 1.35 bits per heavy atom. The normalized spacial score (nSPS) is 10.7. The molecule has 6 nitrogen and oxygen atoms in total. The van der Waals surface area contributed by atoms with Crippen LogP contribution >= 0.6 is 0 Å². The summed E-state index contributed by atoms with van der Waals surface area (Å²) in [4.78, 5) is 15.9. The van der Waals surface area contributed by atoms with Crippen LogP contribution in [0.25, 0.3) is 11.4 Å². The molecule has 0 atom stereocenters. The molecule has 0 radical (unpaired) electrons. The fraction of sp³-hybridized carbons (Fsp3) is 0.438. The van der Waals surface area contributed by atoms with Gasteiger partial charge < -0.3 is 15.2 Å². The molecule has 1 aromatic carbocycles. The van der Waals surface area contributed by atoms with Gasteiger partial charge in [-0.1, -0.05) is 5.16 Å². The van der Waals surface area contributed by atoms with Gasteiger partial charge in [-0.3, -0.25) is 4.79 Å². The van der Waals surface area contributed by atoms with Gasteiger partial charge in [0.05, 0.1) is 0 Å². The highest BCUT2D eigenvalue weighted by Crippen LogP contribution is 2.19. The van der Waals surface area contributed by atoms with Crippen molar-refractivity contribution in [1.82, 2.24) is 20.8 Å². The van der Waals surface area contributed by atoms with Crippen molar-refractivity contribution in [2.24, 2.45) is 0 Å². The highest BCUT2D eigenvalue weighted by Gasteiger charge is 2.11. The van der Waals surface area contributed by atoms with Crippen LogP contribution in [0, 0.1) is 12.7 Å². The zero-order chi connectivity index (χ0) is 16.7. The van der Waals surface area contributed by atoms with E-state index >= 15 is 0 Å². The average molecular weight is 320 g/mol. The third-order valence-corrected chi connectivity index (χ3v) is 3.38. The van der Waals surface area contributed by atoms with Crippen LogP contribution < -0.4 is 10.6 Å². The lowest BCUT2D eigenvalue weighted by molar-refractivity contribution is -0.121. The van der Waals surface area contributed by atoms with Crippen molar-refractivity contribution in [3.8, 4) is 11.4 Å². The Morgan fingerprint density at radius 2 is 2.17 bits per heavy atom. The van der Waals surface area contributed by atoms with E-state index in [-0.39, 0.29) is 11.7 Å². The standard InChI is InChI=1S/C16H21FN4O2/c1-11-10-12(4-5-13(11)17)16-20-15(23-21-16)7-6-14(22)19-9-3-8-18-2/h4-5,10,18H,3,6-9H2,1-2H3,(H,19,22). The summed E-state index contributed by atoms with van der Waals surface area (Å²) in [5.41, 5.74) is 1.21. The molecular formula is C16H21FN4O2. The number of carbonyl (C=O) groups is 1. The first-order valence-corrected chi connectivity index (χ1v) is 7.60. The maximum absolute atomic E-state index is 13.3. The summed E-state index contributed by atoms with van der Waals surface area (Å²) in [5, 5.41) is 9.72. The fourth-order valence-electron chi connectivity index (χ4n) is 2.06. The zero-order valence-electron chi connectivity index (χ0n) is 13.4. The number of nitrogens with one attached hydrogen (secondary N) is 2. The molecule has 0 aliphatic heterocycles. The number of benzene rings is 1. The van der Waals surface area contributed by atoms with Crippen molar-refractivity contribution in [2.45, 2.75) is 26.2 Å². The Bertz CT molecular complexity index is 657. The SMILES string of the molecule is CNCCCNC(=O)CCc1nc(-c2ccc(F)c(C)c2)no1. The average Bonchev–Trinajstić information content (AvgIpc) is 3.01. The summed E-state index contributed by atoms with van der Waals surface area (Å²) in [7, 11) is 1.87. The Kier molecular flexibility index (Phi) is 6.22. The van der Waals surface area contributed by atoms with Crippen LogP contribution in [0.4, 0.5) is 4.39 Å². The van der Waals surface area contributed by atoms with Crippen LogP contribution in [-0.4, -0.2) is 36.2 Å². The number of halogens is 1. The van der Waals surface area contributed by atoms with E-state index in [9.17, 15) is 9.18 Å². The molecule has 2 aromatic rings. The second kappa shape index (κ2) is 8.38. The molecule has 0 saturated carbocycles. The Morgan fingerprint density at radius 3 is 2.91 bits per heavy atom. The van der Waals surface area contributed by atoms with Crippen LogP contribution in [0.3, 0.4) is 0 Å². The first-order chi connectivity index (χ1) is 11.1. The Balaban J connectivity index is 1.85. The molecule has 23 heavy (non-hydrogen) atoms. The van der Waals surface area contributed by atoms with E-state index in [0.29, 0.717) is 42.2 Å². The third kappa shape index (κ3) is 5.14. The van der Waals surface area contributed by atoms with Crippen molar-refractivity contribution in [1.29, 1.82) is 0 Å². The molecule has 0 aliphatic carbocycles. The maximum atomic E-state index is 13.3. The van der Waals surface area contributed by atoms with E-state index in [4.69, 9.17) is 4.52 Å².